The van der Waals surface area contributed by atoms with Crippen molar-refractivity contribution in [3.63, 3.8) is 0 Å². The summed E-state index contributed by atoms with van der Waals surface area (Å²) < 4.78 is 65.9. The summed E-state index contributed by atoms with van der Waals surface area (Å²) in [5, 5.41) is 4.55. The maximum Gasteiger partial charge on any atom is 0.420 e. The molecule has 3 aromatic rings. The van der Waals surface area contributed by atoms with Crippen LogP contribution in [0, 0.1) is 12.7 Å². The van der Waals surface area contributed by atoms with Crippen molar-refractivity contribution in [2.24, 2.45) is 0 Å². The van der Waals surface area contributed by atoms with Gasteiger partial charge in [0, 0.05) is 23.0 Å². The molecule has 1 aromatic heterocycles. The molecule has 2 heterocycles. The second-order valence-electron chi connectivity index (χ2n) is 8.39. The fourth-order valence-electron chi connectivity index (χ4n) is 3.59. The Morgan fingerprint density at radius 1 is 1.09 bits per heavy atom. The molecule has 3 N–H and O–H groups in total. The Balaban J connectivity index is 1.49. The molecule has 1 aliphatic rings. The smallest absolute Gasteiger partial charge is 0.420 e. The third kappa shape index (κ3) is 5.46. The molecule has 4 rings (SSSR count). The molecule has 0 bridgehead atoms. The van der Waals surface area contributed by atoms with E-state index in [1.807, 2.05) is 0 Å². The van der Waals surface area contributed by atoms with Crippen LogP contribution in [0.4, 0.5) is 33.7 Å². The third-order valence-electron chi connectivity index (χ3n) is 5.36. The number of aromatic amines is 1. The number of urea groups is 1. The van der Waals surface area contributed by atoms with Crippen molar-refractivity contribution in [1.29, 1.82) is 0 Å². The molecule has 2 amide bonds. The number of amides is 2. The number of ether oxygens (including phenoxy) is 2. The zero-order valence-corrected chi connectivity index (χ0v) is 18.7. The largest absolute Gasteiger partial charge is 0.482 e. The van der Waals surface area contributed by atoms with Gasteiger partial charge in [0.05, 0.1) is 24.5 Å². The Morgan fingerprint density at radius 3 is 2.43 bits per heavy atom. The summed E-state index contributed by atoms with van der Waals surface area (Å²) in [5.41, 5.74) is -0.926. The van der Waals surface area contributed by atoms with Crippen LogP contribution in [0.15, 0.2) is 53.3 Å². The fraction of sp³-hybridized carbons (Fsp3) is 0.250. The summed E-state index contributed by atoms with van der Waals surface area (Å²) in [4.78, 5) is 26.3. The first-order chi connectivity index (χ1) is 16.4. The Bertz CT molecular complexity index is 1330. The minimum absolute atomic E-state index is 0.155. The van der Waals surface area contributed by atoms with Gasteiger partial charge >= 0.3 is 12.2 Å². The standard InChI is InChI=1S/C24H21F4N3O4/c1-13-16(5-8-21(32)29-13)14-3-6-19(18(25)9-14)31-22(33)30-15-4-7-20(17(10-15)24(26,27)28)35-23(2)11-34-12-23/h3-10H,11-12H2,1-2H3,(H,29,32)(H2,30,31,33). The van der Waals surface area contributed by atoms with Crippen LogP contribution in [0.5, 0.6) is 5.75 Å². The normalized spacial score (nSPS) is 14.7. The lowest BCUT2D eigenvalue weighted by atomic mass is 10.0. The number of H-pyrrole nitrogens is 1. The summed E-state index contributed by atoms with van der Waals surface area (Å²) in [6.07, 6.45) is -4.73. The topological polar surface area (TPSA) is 92.5 Å². The van der Waals surface area contributed by atoms with E-state index in [2.05, 4.69) is 15.6 Å². The molecule has 7 nitrogen and oxygen atoms in total. The Kier molecular flexibility index (Phi) is 6.28. The van der Waals surface area contributed by atoms with E-state index in [1.165, 1.54) is 30.3 Å². The third-order valence-corrected chi connectivity index (χ3v) is 5.36. The summed E-state index contributed by atoms with van der Waals surface area (Å²) in [5.74, 6) is -1.15. The Labute approximate surface area is 197 Å². The van der Waals surface area contributed by atoms with Crippen molar-refractivity contribution >= 4 is 17.4 Å². The lowest BCUT2D eigenvalue weighted by Crippen LogP contribution is -2.51. The van der Waals surface area contributed by atoms with Crippen molar-refractivity contribution in [3.05, 3.63) is 76.0 Å². The van der Waals surface area contributed by atoms with Crippen LogP contribution in [0.3, 0.4) is 0 Å². The number of aryl methyl sites for hydroxylation is 1. The number of pyridine rings is 1. The molecule has 35 heavy (non-hydrogen) atoms. The van der Waals surface area contributed by atoms with Gasteiger partial charge in [-0.3, -0.25) is 4.79 Å². The quantitative estimate of drug-likeness (QED) is 0.421. The van der Waals surface area contributed by atoms with Crippen LogP contribution >= 0.6 is 0 Å². The maximum atomic E-state index is 14.6. The average molecular weight is 491 g/mol. The van der Waals surface area contributed by atoms with Crippen LogP contribution in [-0.4, -0.2) is 29.8 Å². The molecule has 184 valence electrons. The van der Waals surface area contributed by atoms with Gasteiger partial charge in [-0.15, -0.1) is 0 Å². The Morgan fingerprint density at radius 2 is 1.83 bits per heavy atom. The van der Waals surface area contributed by atoms with E-state index in [4.69, 9.17) is 9.47 Å². The predicted molar refractivity (Wildman–Crippen MR) is 121 cm³/mol. The van der Waals surface area contributed by atoms with Crippen molar-refractivity contribution in [2.75, 3.05) is 23.8 Å². The van der Waals surface area contributed by atoms with Crippen LogP contribution in [0.25, 0.3) is 11.1 Å². The van der Waals surface area contributed by atoms with Crippen LogP contribution in [-0.2, 0) is 10.9 Å². The highest BCUT2D eigenvalue weighted by Gasteiger charge is 2.40. The molecule has 0 unspecified atom stereocenters. The van der Waals surface area contributed by atoms with E-state index in [-0.39, 0.29) is 35.9 Å². The summed E-state index contributed by atoms with van der Waals surface area (Å²) >= 11 is 0. The van der Waals surface area contributed by atoms with E-state index in [0.29, 0.717) is 16.8 Å². The van der Waals surface area contributed by atoms with E-state index in [9.17, 15) is 27.2 Å². The molecule has 11 heteroatoms. The number of nitrogens with one attached hydrogen (secondary N) is 3. The number of halogens is 4. The van der Waals surface area contributed by atoms with E-state index >= 15 is 0 Å². The van der Waals surface area contributed by atoms with E-state index in [1.54, 1.807) is 19.9 Å². The number of anilines is 2. The van der Waals surface area contributed by atoms with Gasteiger partial charge in [-0.2, -0.15) is 13.2 Å². The first kappa shape index (κ1) is 24.3. The first-order valence-corrected chi connectivity index (χ1v) is 10.5. The molecule has 0 saturated carbocycles. The number of carbonyl (C=O) groups is 1. The molecule has 2 aromatic carbocycles. The number of hydrogen-bond acceptors (Lipinski definition) is 4. The highest BCUT2D eigenvalue weighted by Crippen LogP contribution is 2.40. The highest BCUT2D eigenvalue weighted by atomic mass is 19.4. The molecule has 1 fully saturated rings. The zero-order chi connectivity index (χ0) is 25.4. The summed E-state index contributed by atoms with van der Waals surface area (Å²) in [6.45, 7) is 3.63. The number of alkyl halides is 3. The average Bonchev–Trinajstić information content (AvgIpc) is 2.74. The summed E-state index contributed by atoms with van der Waals surface area (Å²) in [6, 6.07) is 9.07. The number of aromatic nitrogens is 1. The minimum atomic E-state index is -4.73. The van der Waals surface area contributed by atoms with Crippen LogP contribution in [0.1, 0.15) is 18.2 Å². The van der Waals surface area contributed by atoms with Crippen LogP contribution in [0.2, 0.25) is 0 Å². The van der Waals surface area contributed by atoms with Crippen molar-refractivity contribution < 1.29 is 31.8 Å². The molecular weight excluding hydrogens is 470 g/mol. The van der Waals surface area contributed by atoms with Crippen molar-refractivity contribution in [2.45, 2.75) is 25.6 Å². The van der Waals surface area contributed by atoms with Gasteiger partial charge in [0.2, 0.25) is 5.56 Å². The first-order valence-electron chi connectivity index (χ1n) is 10.5. The van der Waals surface area contributed by atoms with Gasteiger partial charge in [0.1, 0.15) is 11.6 Å². The van der Waals surface area contributed by atoms with E-state index < -0.39 is 29.2 Å². The van der Waals surface area contributed by atoms with Crippen molar-refractivity contribution in [1.82, 2.24) is 4.98 Å². The minimum Gasteiger partial charge on any atom is -0.482 e. The van der Waals surface area contributed by atoms with Gasteiger partial charge in [0.15, 0.2) is 5.60 Å². The number of hydrogen-bond donors (Lipinski definition) is 3. The van der Waals surface area contributed by atoms with E-state index in [0.717, 1.165) is 12.1 Å². The molecule has 1 aliphatic heterocycles. The molecule has 1 saturated heterocycles. The SMILES string of the molecule is Cc1[nH]c(=O)ccc1-c1ccc(NC(=O)Nc2ccc(OC3(C)COC3)c(C(F)(F)F)c2)c(F)c1. The number of rotatable bonds is 5. The number of carbonyl (C=O) groups excluding carboxylic acids is 1. The highest BCUT2D eigenvalue weighted by molar-refractivity contribution is 6.00. The molecular formula is C24H21F4N3O4. The van der Waals surface area contributed by atoms with Gasteiger partial charge < -0.3 is 25.1 Å². The second-order valence-corrected chi connectivity index (χ2v) is 8.39. The van der Waals surface area contributed by atoms with Gasteiger partial charge in [0.25, 0.3) is 0 Å². The monoisotopic (exact) mass is 491 g/mol. The summed E-state index contributed by atoms with van der Waals surface area (Å²) in [7, 11) is 0. The van der Waals surface area contributed by atoms with Gasteiger partial charge in [-0.1, -0.05) is 6.07 Å². The Hall–Kier alpha value is -3.86. The second kappa shape index (κ2) is 9.06. The maximum absolute atomic E-state index is 14.6. The molecule has 0 radical (unpaired) electrons. The molecule has 0 spiro atoms. The molecule has 0 aliphatic carbocycles. The van der Waals surface area contributed by atoms with Crippen molar-refractivity contribution in [3.8, 4) is 16.9 Å². The molecule has 0 atom stereocenters. The van der Waals surface area contributed by atoms with Gasteiger partial charge in [-0.25, -0.2) is 9.18 Å². The predicted octanol–water partition coefficient (Wildman–Crippen LogP) is 5.32. The number of benzene rings is 2. The lowest BCUT2D eigenvalue weighted by molar-refractivity contribution is -0.160. The fourth-order valence-corrected chi connectivity index (χ4v) is 3.59. The van der Waals surface area contributed by atoms with Crippen LogP contribution < -0.4 is 20.9 Å². The van der Waals surface area contributed by atoms with Gasteiger partial charge in [-0.05, 0) is 55.8 Å². The zero-order valence-electron chi connectivity index (χ0n) is 18.7. The lowest BCUT2D eigenvalue weighted by Gasteiger charge is -2.38.